The third-order valence-electron chi connectivity index (χ3n) is 4.04. The lowest BCUT2D eigenvalue weighted by molar-refractivity contribution is -0.122. The summed E-state index contributed by atoms with van der Waals surface area (Å²) in [6, 6.07) is 0.263. The van der Waals surface area contributed by atoms with Gasteiger partial charge in [0.1, 0.15) is 5.82 Å². The van der Waals surface area contributed by atoms with Crippen LogP contribution < -0.4 is 5.32 Å². The monoisotopic (exact) mass is 259 g/mol. The van der Waals surface area contributed by atoms with Crippen LogP contribution >= 0.6 is 0 Å². The first-order valence-corrected chi connectivity index (χ1v) is 7.19. The molecular formula is C15H21N3O. The van der Waals surface area contributed by atoms with Crippen molar-refractivity contribution < 1.29 is 4.79 Å². The van der Waals surface area contributed by atoms with Gasteiger partial charge >= 0.3 is 0 Å². The predicted octanol–water partition coefficient (Wildman–Crippen LogP) is 1.98. The van der Waals surface area contributed by atoms with E-state index in [1.54, 1.807) is 0 Å². The highest BCUT2D eigenvalue weighted by molar-refractivity contribution is 5.76. The van der Waals surface area contributed by atoms with Gasteiger partial charge in [-0.1, -0.05) is 12.2 Å². The van der Waals surface area contributed by atoms with Gasteiger partial charge in [-0.2, -0.15) is 0 Å². The van der Waals surface area contributed by atoms with Crippen LogP contribution in [0.5, 0.6) is 0 Å². The van der Waals surface area contributed by atoms with Crippen LogP contribution in [-0.4, -0.2) is 21.5 Å². The van der Waals surface area contributed by atoms with Crippen LogP contribution in [0.4, 0.5) is 0 Å². The van der Waals surface area contributed by atoms with Crippen molar-refractivity contribution in [3.05, 3.63) is 29.9 Å². The number of aromatic nitrogens is 2. The fourth-order valence-corrected chi connectivity index (χ4v) is 3.09. The molecule has 1 N–H and O–H groups in total. The molecule has 0 bridgehead atoms. The van der Waals surface area contributed by atoms with Crippen molar-refractivity contribution in [2.75, 3.05) is 0 Å². The maximum absolute atomic E-state index is 12.0. The van der Waals surface area contributed by atoms with Gasteiger partial charge in [0.15, 0.2) is 0 Å². The molecule has 1 aliphatic carbocycles. The van der Waals surface area contributed by atoms with E-state index in [4.69, 9.17) is 0 Å². The first kappa shape index (κ1) is 12.5. The van der Waals surface area contributed by atoms with Gasteiger partial charge in [0.2, 0.25) is 5.91 Å². The molecule has 0 saturated heterocycles. The number of imidazole rings is 1. The molecule has 3 rings (SSSR count). The molecule has 0 aromatic carbocycles. The second kappa shape index (κ2) is 5.19. The first-order valence-electron chi connectivity index (χ1n) is 7.19. The highest BCUT2D eigenvalue weighted by atomic mass is 16.1. The van der Waals surface area contributed by atoms with Crippen molar-refractivity contribution >= 4 is 5.91 Å². The molecule has 1 amide bonds. The van der Waals surface area contributed by atoms with E-state index in [-0.39, 0.29) is 11.9 Å². The van der Waals surface area contributed by atoms with E-state index >= 15 is 0 Å². The summed E-state index contributed by atoms with van der Waals surface area (Å²) in [5, 5.41) is 3.17. The number of amides is 1. The number of carbonyl (C=O) groups is 1. The number of hydrogen-bond acceptors (Lipinski definition) is 2. The van der Waals surface area contributed by atoms with E-state index in [1.165, 1.54) is 0 Å². The molecule has 2 atom stereocenters. The summed E-state index contributed by atoms with van der Waals surface area (Å²) < 4.78 is 2.18. The van der Waals surface area contributed by atoms with E-state index in [1.807, 2.05) is 6.92 Å². The average molecular weight is 259 g/mol. The van der Waals surface area contributed by atoms with Crippen LogP contribution in [0.2, 0.25) is 0 Å². The third-order valence-corrected chi connectivity index (χ3v) is 4.04. The summed E-state index contributed by atoms with van der Waals surface area (Å²) >= 11 is 0. The van der Waals surface area contributed by atoms with Crippen molar-refractivity contribution in [2.24, 2.45) is 5.92 Å². The van der Waals surface area contributed by atoms with Gasteiger partial charge in [-0.15, -0.1) is 0 Å². The summed E-state index contributed by atoms with van der Waals surface area (Å²) in [7, 11) is 0. The van der Waals surface area contributed by atoms with Crippen LogP contribution in [0.1, 0.15) is 37.2 Å². The molecule has 0 unspecified atom stereocenters. The smallest absolute Gasteiger partial charge is 0.220 e. The quantitative estimate of drug-likeness (QED) is 0.844. The number of allylic oxidation sites excluding steroid dienone is 2. The van der Waals surface area contributed by atoms with E-state index in [2.05, 4.69) is 33.2 Å². The zero-order valence-electron chi connectivity index (χ0n) is 11.4. The Hall–Kier alpha value is -1.58. The highest BCUT2D eigenvalue weighted by Gasteiger charge is 2.22. The van der Waals surface area contributed by atoms with Crippen LogP contribution in [-0.2, 0) is 17.8 Å². The minimum absolute atomic E-state index is 0.196. The van der Waals surface area contributed by atoms with Gasteiger partial charge in [0, 0.05) is 31.6 Å². The van der Waals surface area contributed by atoms with Gasteiger partial charge in [-0.25, -0.2) is 4.98 Å². The molecular weight excluding hydrogens is 238 g/mol. The molecule has 102 valence electrons. The minimum atomic E-state index is 0.196. The molecule has 1 aliphatic heterocycles. The number of fused-ring (bicyclic) bond motifs is 1. The van der Waals surface area contributed by atoms with E-state index in [0.717, 1.165) is 43.7 Å². The number of aryl methyl sites for hydroxylation is 2. The number of rotatable bonds is 3. The lowest BCUT2D eigenvalue weighted by Crippen LogP contribution is -2.41. The second-order valence-corrected chi connectivity index (χ2v) is 5.72. The Labute approximate surface area is 113 Å². The molecule has 19 heavy (non-hydrogen) atoms. The van der Waals surface area contributed by atoms with Gasteiger partial charge in [-0.05, 0) is 32.1 Å². The summed E-state index contributed by atoms with van der Waals surface area (Å²) in [6.07, 6.45) is 11.3. The largest absolute Gasteiger partial charge is 0.352 e. The van der Waals surface area contributed by atoms with Crippen LogP contribution in [0, 0.1) is 12.8 Å². The Balaban J connectivity index is 1.53. The average Bonchev–Trinajstić information content (AvgIpc) is 2.96. The lowest BCUT2D eigenvalue weighted by Gasteiger charge is -2.25. The zero-order chi connectivity index (χ0) is 13.2. The summed E-state index contributed by atoms with van der Waals surface area (Å²) in [4.78, 5) is 16.5. The molecule has 2 aliphatic rings. The summed E-state index contributed by atoms with van der Waals surface area (Å²) in [6.45, 7) is 2.88. The van der Waals surface area contributed by atoms with Crippen molar-refractivity contribution in [1.82, 2.24) is 14.9 Å². The van der Waals surface area contributed by atoms with Crippen molar-refractivity contribution in [3.8, 4) is 0 Å². The van der Waals surface area contributed by atoms with E-state index in [9.17, 15) is 4.79 Å². The van der Waals surface area contributed by atoms with Crippen LogP contribution in [0.15, 0.2) is 18.3 Å². The fourth-order valence-electron chi connectivity index (χ4n) is 3.09. The van der Waals surface area contributed by atoms with Crippen molar-refractivity contribution in [2.45, 2.75) is 51.6 Å². The molecule has 0 radical (unpaired) electrons. The maximum atomic E-state index is 12.0. The standard InChI is InChI=1S/C15H21N3O/c1-11-9-18-10-13(6-7-14(18)16-11)17-15(19)8-12-4-2-3-5-12/h2,4,9,12-13H,3,5-8,10H2,1H3,(H,17,19)/t12-,13+/m0/s1. The Morgan fingerprint density at radius 1 is 1.53 bits per heavy atom. The highest BCUT2D eigenvalue weighted by Crippen LogP contribution is 2.21. The Bertz CT molecular complexity index is 503. The fraction of sp³-hybridized carbons (Fsp3) is 0.600. The molecule has 0 fully saturated rings. The SMILES string of the molecule is Cc1cn2c(n1)CC[C@@H](NC(=O)C[C@H]1C=CCC1)C2. The predicted molar refractivity (Wildman–Crippen MR) is 73.7 cm³/mol. The van der Waals surface area contributed by atoms with Gasteiger partial charge in [0.05, 0.1) is 5.69 Å². The van der Waals surface area contributed by atoms with Gasteiger partial charge in [0.25, 0.3) is 0 Å². The Kier molecular flexibility index (Phi) is 3.40. The second-order valence-electron chi connectivity index (χ2n) is 5.72. The van der Waals surface area contributed by atoms with Crippen molar-refractivity contribution in [3.63, 3.8) is 0 Å². The topological polar surface area (TPSA) is 46.9 Å². The number of nitrogens with one attached hydrogen (secondary N) is 1. The number of nitrogens with zero attached hydrogens (tertiary/aromatic N) is 2. The first-order chi connectivity index (χ1) is 9.20. The Morgan fingerprint density at radius 3 is 3.21 bits per heavy atom. The molecule has 2 heterocycles. The third kappa shape index (κ3) is 2.88. The normalized spacial score (nSPS) is 25.3. The minimum Gasteiger partial charge on any atom is -0.352 e. The van der Waals surface area contributed by atoms with Crippen LogP contribution in [0.25, 0.3) is 0 Å². The van der Waals surface area contributed by atoms with Crippen molar-refractivity contribution in [1.29, 1.82) is 0 Å². The lowest BCUT2D eigenvalue weighted by atomic mass is 10.0. The maximum Gasteiger partial charge on any atom is 0.220 e. The number of hydrogen-bond donors (Lipinski definition) is 1. The molecule has 0 saturated carbocycles. The summed E-state index contributed by atoms with van der Waals surface area (Å²) in [5.74, 6) is 1.80. The molecule has 4 heteroatoms. The summed E-state index contributed by atoms with van der Waals surface area (Å²) in [5.41, 5.74) is 1.07. The zero-order valence-corrected chi connectivity index (χ0v) is 11.4. The number of carbonyl (C=O) groups excluding carboxylic acids is 1. The Morgan fingerprint density at radius 2 is 2.42 bits per heavy atom. The molecule has 0 spiro atoms. The van der Waals surface area contributed by atoms with Gasteiger partial charge in [-0.3, -0.25) is 4.79 Å². The molecule has 1 aromatic rings. The molecule has 1 aromatic heterocycles. The molecule has 4 nitrogen and oxygen atoms in total. The van der Waals surface area contributed by atoms with Crippen LogP contribution in [0.3, 0.4) is 0 Å². The van der Waals surface area contributed by atoms with E-state index in [0.29, 0.717) is 12.3 Å². The van der Waals surface area contributed by atoms with E-state index < -0.39 is 0 Å². The van der Waals surface area contributed by atoms with Gasteiger partial charge < -0.3 is 9.88 Å².